The largest absolute Gasteiger partial charge is 0.462 e. The first-order chi connectivity index (χ1) is 12.7. The molecule has 1 N–H and O–H groups in total. The molecule has 1 saturated heterocycles. The molecule has 144 valence electrons. The Morgan fingerprint density at radius 3 is 2.81 bits per heavy atom. The Morgan fingerprint density at radius 2 is 2.04 bits per heavy atom. The number of aryl methyl sites for hydroxylation is 1. The number of carbonyl (C=O) groups is 1. The molecule has 1 fully saturated rings. The van der Waals surface area contributed by atoms with E-state index in [0.717, 1.165) is 47.9 Å². The summed E-state index contributed by atoms with van der Waals surface area (Å²) in [5.74, 6) is -0.206. The quantitative estimate of drug-likeness (QED) is 0.434. The zero-order chi connectivity index (χ0) is 18.5. The van der Waals surface area contributed by atoms with Crippen LogP contribution in [-0.2, 0) is 17.6 Å². The number of anilines is 1. The van der Waals surface area contributed by atoms with Gasteiger partial charge in [0.2, 0.25) is 0 Å². The van der Waals surface area contributed by atoms with Crippen LogP contribution in [0.2, 0.25) is 0 Å². The molecule has 2 heterocycles. The van der Waals surface area contributed by atoms with Gasteiger partial charge in [0.1, 0.15) is 5.00 Å². The van der Waals surface area contributed by atoms with E-state index >= 15 is 0 Å². The highest BCUT2D eigenvalue weighted by Crippen LogP contribution is 2.38. The van der Waals surface area contributed by atoms with Gasteiger partial charge in [-0.3, -0.25) is 0 Å². The van der Waals surface area contributed by atoms with Crippen molar-refractivity contribution in [3.63, 3.8) is 0 Å². The smallest absolute Gasteiger partial charge is 0.341 e. The van der Waals surface area contributed by atoms with Gasteiger partial charge < -0.3 is 15.0 Å². The van der Waals surface area contributed by atoms with E-state index < -0.39 is 0 Å². The second-order valence-corrected chi connectivity index (χ2v) is 8.66. The Bertz CT molecular complexity index is 656. The number of nitrogens with zero attached hydrogens (tertiary/aromatic N) is 1. The van der Waals surface area contributed by atoms with Crippen LogP contribution in [0, 0.1) is 0 Å². The average molecular weight is 395 g/mol. The summed E-state index contributed by atoms with van der Waals surface area (Å²) >= 11 is 7.45. The molecule has 6 heteroatoms. The zero-order valence-electron chi connectivity index (χ0n) is 15.9. The number of thiophene rings is 1. The Labute approximate surface area is 166 Å². The molecule has 4 nitrogen and oxygen atoms in total. The van der Waals surface area contributed by atoms with Crippen LogP contribution in [0.4, 0.5) is 5.00 Å². The lowest BCUT2D eigenvalue weighted by atomic mass is 10.0. The number of thiocarbonyl (C=S) groups is 1. The van der Waals surface area contributed by atoms with E-state index in [1.165, 1.54) is 42.5 Å². The van der Waals surface area contributed by atoms with Gasteiger partial charge in [0.15, 0.2) is 5.11 Å². The van der Waals surface area contributed by atoms with Crippen molar-refractivity contribution in [3.8, 4) is 0 Å². The normalized spacial score (nSPS) is 20.2. The first-order valence-electron chi connectivity index (χ1n) is 10.0. The predicted molar refractivity (Wildman–Crippen MR) is 112 cm³/mol. The Kier molecular flexibility index (Phi) is 6.92. The van der Waals surface area contributed by atoms with Crippen LogP contribution in [0.15, 0.2) is 0 Å². The Morgan fingerprint density at radius 1 is 1.23 bits per heavy atom. The minimum Gasteiger partial charge on any atom is -0.462 e. The fourth-order valence-electron chi connectivity index (χ4n) is 4.11. The van der Waals surface area contributed by atoms with Crippen LogP contribution in [0.5, 0.6) is 0 Å². The minimum atomic E-state index is -0.206. The van der Waals surface area contributed by atoms with Crippen LogP contribution in [0.3, 0.4) is 0 Å². The summed E-state index contributed by atoms with van der Waals surface area (Å²) < 4.78 is 5.37. The number of rotatable bonds is 4. The van der Waals surface area contributed by atoms with Crippen LogP contribution in [-0.4, -0.2) is 35.2 Å². The fourth-order valence-corrected chi connectivity index (χ4v) is 5.79. The first kappa shape index (κ1) is 19.6. The SMILES string of the molecule is CCOC(=O)c1c(NC(=S)N2CCCCC2CC)sc2c1CCCCC2. The number of carbonyl (C=O) groups excluding carboxylic acids is 1. The highest BCUT2D eigenvalue weighted by atomic mass is 32.1. The van der Waals surface area contributed by atoms with Crippen molar-refractivity contribution in [1.29, 1.82) is 0 Å². The predicted octanol–water partition coefficient (Wildman–Crippen LogP) is 5.16. The molecular weight excluding hydrogens is 364 g/mol. The van der Waals surface area contributed by atoms with Gasteiger partial charge in [-0.25, -0.2) is 4.79 Å². The fraction of sp³-hybridized carbons (Fsp3) is 0.700. The molecule has 0 radical (unpaired) electrons. The number of nitrogens with one attached hydrogen (secondary N) is 1. The van der Waals surface area contributed by atoms with Crippen molar-refractivity contribution in [2.45, 2.75) is 77.7 Å². The summed E-state index contributed by atoms with van der Waals surface area (Å²) in [6, 6.07) is 0.507. The molecule has 3 rings (SSSR count). The highest BCUT2D eigenvalue weighted by Gasteiger charge is 2.28. The summed E-state index contributed by atoms with van der Waals surface area (Å²) in [7, 11) is 0. The van der Waals surface area contributed by atoms with Crippen LogP contribution < -0.4 is 5.32 Å². The number of piperidine rings is 1. The highest BCUT2D eigenvalue weighted by molar-refractivity contribution is 7.80. The molecule has 0 spiro atoms. The number of esters is 1. The molecular formula is C20H30N2O2S2. The number of fused-ring (bicyclic) bond motifs is 1. The first-order valence-corrected chi connectivity index (χ1v) is 11.3. The third-order valence-corrected chi connectivity index (χ3v) is 7.02. The summed E-state index contributed by atoms with van der Waals surface area (Å²) in [6.45, 7) is 5.49. The van der Waals surface area contributed by atoms with Crippen molar-refractivity contribution >= 4 is 39.6 Å². The lowest BCUT2D eigenvalue weighted by Gasteiger charge is -2.37. The van der Waals surface area contributed by atoms with Gasteiger partial charge in [-0.15, -0.1) is 11.3 Å². The average Bonchev–Trinajstić information content (AvgIpc) is 2.82. The molecule has 26 heavy (non-hydrogen) atoms. The molecule has 1 aromatic heterocycles. The third-order valence-electron chi connectivity index (χ3n) is 5.48. The van der Waals surface area contributed by atoms with Crippen LogP contribution in [0.25, 0.3) is 0 Å². The van der Waals surface area contributed by atoms with E-state index in [9.17, 15) is 4.79 Å². The number of ether oxygens (including phenoxy) is 1. The molecule has 1 aromatic rings. The van der Waals surface area contributed by atoms with E-state index in [-0.39, 0.29) is 5.97 Å². The monoisotopic (exact) mass is 394 g/mol. The molecule has 0 amide bonds. The summed E-state index contributed by atoms with van der Waals surface area (Å²) in [5.41, 5.74) is 1.93. The maximum Gasteiger partial charge on any atom is 0.341 e. The van der Waals surface area contributed by atoms with Crippen molar-refractivity contribution in [1.82, 2.24) is 4.90 Å². The van der Waals surface area contributed by atoms with E-state index in [0.29, 0.717) is 12.6 Å². The lowest BCUT2D eigenvalue weighted by molar-refractivity contribution is 0.0527. The maximum atomic E-state index is 12.7. The van der Waals surface area contributed by atoms with Crippen molar-refractivity contribution in [2.24, 2.45) is 0 Å². The van der Waals surface area contributed by atoms with E-state index in [1.807, 2.05) is 6.92 Å². The van der Waals surface area contributed by atoms with Crippen LogP contribution >= 0.6 is 23.6 Å². The summed E-state index contributed by atoms with van der Waals surface area (Å²) in [6.07, 6.45) is 10.4. The van der Waals surface area contributed by atoms with Gasteiger partial charge >= 0.3 is 5.97 Å². The standard InChI is InChI=1S/C20H30N2O2S2/c1-3-14-10-8-9-13-22(14)20(25)21-18-17(19(23)24-4-2)15-11-6-5-7-12-16(15)26-18/h14H,3-13H2,1-2H3,(H,21,25). The van der Waals surface area contributed by atoms with E-state index in [2.05, 4.69) is 17.1 Å². The van der Waals surface area contributed by atoms with Crippen molar-refractivity contribution in [2.75, 3.05) is 18.5 Å². The molecule has 0 saturated carbocycles. The maximum absolute atomic E-state index is 12.7. The van der Waals surface area contributed by atoms with Gasteiger partial charge in [0, 0.05) is 17.5 Å². The van der Waals surface area contributed by atoms with E-state index in [4.69, 9.17) is 17.0 Å². The van der Waals surface area contributed by atoms with Gasteiger partial charge in [-0.2, -0.15) is 0 Å². The Hall–Kier alpha value is -1.14. The lowest BCUT2D eigenvalue weighted by Crippen LogP contribution is -2.45. The topological polar surface area (TPSA) is 41.6 Å². The molecule has 0 bridgehead atoms. The number of likely N-dealkylation sites (tertiary alicyclic amines) is 1. The zero-order valence-corrected chi connectivity index (χ0v) is 17.6. The molecule has 2 aliphatic rings. The minimum absolute atomic E-state index is 0.206. The number of hydrogen-bond acceptors (Lipinski definition) is 4. The molecule has 1 aliphatic heterocycles. The number of hydrogen-bond donors (Lipinski definition) is 1. The Balaban J connectivity index is 1.86. The van der Waals surface area contributed by atoms with Gasteiger partial charge in [0.05, 0.1) is 12.2 Å². The van der Waals surface area contributed by atoms with Crippen molar-refractivity contribution in [3.05, 3.63) is 16.0 Å². The van der Waals surface area contributed by atoms with Gasteiger partial charge in [0.25, 0.3) is 0 Å². The van der Waals surface area contributed by atoms with E-state index in [1.54, 1.807) is 11.3 Å². The summed E-state index contributed by atoms with van der Waals surface area (Å²) in [4.78, 5) is 16.3. The van der Waals surface area contributed by atoms with Crippen molar-refractivity contribution < 1.29 is 9.53 Å². The van der Waals surface area contributed by atoms with Crippen LogP contribution in [0.1, 0.15) is 79.6 Å². The molecule has 1 aliphatic carbocycles. The second kappa shape index (κ2) is 9.18. The third kappa shape index (κ3) is 4.22. The summed E-state index contributed by atoms with van der Waals surface area (Å²) in [5, 5.41) is 5.09. The molecule has 1 unspecified atom stereocenters. The van der Waals surface area contributed by atoms with Gasteiger partial charge in [-0.1, -0.05) is 13.3 Å². The molecule has 1 atom stereocenters. The second-order valence-electron chi connectivity index (χ2n) is 7.17. The van der Waals surface area contributed by atoms with Gasteiger partial charge in [-0.05, 0) is 76.1 Å². The molecule has 0 aromatic carbocycles.